The Balaban J connectivity index is 0.00000435. The van der Waals surface area contributed by atoms with E-state index in [2.05, 4.69) is 164 Å². The van der Waals surface area contributed by atoms with Crippen LogP contribution in [0.3, 0.4) is 0 Å². The van der Waals surface area contributed by atoms with E-state index in [0.717, 1.165) is 61.3 Å². The van der Waals surface area contributed by atoms with Gasteiger partial charge >= 0.3 is 21.1 Å². The van der Waals surface area contributed by atoms with Gasteiger partial charge in [-0.15, -0.1) is 18.2 Å². The van der Waals surface area contributed by atoms with Gasteiger partial charge in [0.2, 0.25) is 0 Å². The first-order valence-corrected chi connectivity index (χ1v) is 18.3. The number of rotatable bonds is 4. The maximum absolute atomic E-state index is 5.48. The van der Waals surface area contributed by atoms with Crippen molar-refractivity contribution < 1.29 is 21.1 Å². The third kappa shape index (κ3) is 6.90. The standard InChI is InChI=1S/C48H46N4.Pt/c1-46(2,3)35-17-20-43-39(29-35)38-18-19-42(51-45(38)52(43)44-27-30-14-10-11-16-41(30)50-44)34-23-31(22-33(24-34)40-15-12-13-21-49-40)32-25-36(47(4,5)6)28-37(26-32)48(7,8)9;/h10-23,25-29H,1-9H3;/q-2;+2. The number of aromatic nitrogens is 4. The van der Waals surface area contributed by atoms with E-state index in [4.69, 9.17) is 15.0 Å². The van der Waals surface area contributed by atoms with Crippen molar-refractivity contribution in [3.8, 4) is 39.5 Å². The number of benzene rings is 4. The quantitative estimate of drug-likeness (QED) is 0.166. The molecule has 0 bridgehead atoms. The van der Waals surface area contributed by atoms with E-state index in [-0.39, 0.29) is 37.3 Å². The number of pyridine rings is 2. The Morgan fingerprint density at radius 3 is 1.85 bits per heavy atom. The van der Waals surface area contributed by atoms with Gasteiger partial charge in [0.25, 0.3) is 0 Å². The number of nitrogens with zero attached hydrogens (tertiary/aromatic N) is 4. The molecule has 0 spiro atoms. The summed E-state index contributed by atoms with van der Waals surface area (Å²) < 4.78 is 2.23. The molecule has 4 aromatic carbocycles. The normalized spacial score (nSPS) is 12.5. The molecule has 0 saturated carbocycles. The molecule has 0 aliphatic carbocycles. The Labute approximate surface area is 328 Å². The SMILES string of the molecule is CC(C)(C)c1cc(-c2cc(-c3ccccn3)[c-]c(-c3ccc4c5cc(C(C)(C)C)ccc5n(-c5cc6ccccc6[n-]5)c4n3)c2)cc(C(C)(C)C)c1.[Pt+2]. The summed E-state index contributed by atoms with van der Waals surface area (Å²) in [4.78, 5) is 15.3. The summed E-state index contributed by atoms with van der Waals surface area (Å²) in [5.41, 5.74) is 12.8. The van der Waals surface area contributed by atoms with Crippen LogP contribution in [-0.4, -0.2) is 14.5 Å². The summed E-state index contributed by atoms with van der Waals surface area (Å²) in [6.45, 7) is 20.5. The van der Waals surface area contributed by atoms with Crippen molar-refractivity contribution in [2.75, 3.05) is 0 Å². The minimum absolute atomic E-state index is 0. The van der Waals surface area contributed by atoms with E-state index >= 15 is 0 Å². The number of fused-ring (bicyclic) bond motifs is 4. The van der Waals surface area contributed by atoms with Gasteiger partial charge in [-0.1, -0.05) is 176 Å². The van der Waals surface area contributed by atoms with E-state index in [1.54, 1.807) is 0 Å². The minimum Gasteiger partial charge on any atom is -0.435 e. The van der Waals surface area contributed by atoms with Gasteiger partial charge < -0.3 is 9.55 Å². The second kappa shape index (κ2) is 13.3. The molecule has 5 heteroatoms. The average molecular weight is 874 g/mol. The van der Waals surface area contributed by atoms with Gasteiger partial charge in [-0.2, -0.15) is 0 Å². The first kappa shape index (κ1) is 36.6. The Kier molecular flexibility index (Phi) is 9.14. The van der Waals surface area contributed by atoms with E-state index in [9.17, 15) is 0 Å². The van der Waals surface area contributed by atoms with Gasteiger partial charge in [0.1, 0.15) is 0 Å². The molecule has 8 rings (SSSR count). The monoisotopic (exact) mass is 873 g/mol. The maximum atomic E-state index is 5.48. The fourth-order valence-corrected chi connectivity index (χ4v) is 7.05. The second-order valence-electron chi connectivity index (χ2n) is 17.3. The Hall–Kier alpha value is -4.79. The van der Waals surface area contributed by atoms with Crippen LogP contribution >= 0.6 is 0 Å². The fraction of sp³-hybridized carbons (Fsp3) is 0.250. The molecular formula is C48H46N4Pt. The molecule has 0 atom stereocenters. The van der Waals surface area contributed by atoms with Crippen molar-refractivity contribution in [3.63, 3.8) is 0 Å². The van der Waals surface area contributed by atoms with E-state index in [0.29, 0.717) is 0 Å². The number of hydrogen-bond donors (Lipinski definition) is 0. The average Bonchev–Trinajstić information content (AvgIpc) is 3.68. The van der Waals surface area contributed by atoms with Crippen LogP contribution in [0.1, 0.15) is 79.0 Å². The first-order chi connectivity index (χ1) is 24.6. The van der Waals surface area contributed by atoms with Gasteiger partial charge in [0, 0.05) is 23.0 Å². The largest absolute Gasteiger partial charge is 2.00 e. The van der Waals surface area contributed by atoms with Crippen molar-refractivity contribution >= 4 is 32.8 Å². The summed E-state index contributed by atoms with van der Waals surface area (Å²) in [5.74, 6) is 0.870. The molecule has 4 aromatic heterocycles. The molecule has 0 saturated heterocycles. The van der Waals surface area contributed by atoms with Gasteiger partial charge in [0.05, 0.1) is 5.65 Å². The molecule has 4 heterocycles. The van der Waals surface area contributed by atoms with E-state index in [1.165, 1.54) is 27.6 Å². The zero-order valence-electron chi connectivity index (χ0n) is 32.1. The van der Waals surface area contributed by atoms with Gasteiger partial charge in [-0.05, 0) is 66.4 Å². The zero-order valence-corrected chi connectivity index (χ0v) is 34.3. The topological polar surface area (TPSA) is 44.8 Å². The zero-order chi connectivity index (χ0) is 36.6. The predicted molar refractivity (Wildman–Crippen MR) is 218 cm³/mol. The smallest absolute Gasteiger partial charge is 0.435 e. The summed E-state index contributed by atoms with van der Waals surface area (Å²) >= 11 is 0. The third-order valence-electron chi connectivity index (χ3n) is 10.3. The Bertz CT molecular complexity index is 2560. The minimum atomic E-state index is -0.00391. The van der Waals surface area contributed by atoms with Gasteiger partial charge in [-0.25, -0.2) is 0 Å². The molecule has 8 aromatic rings. The molecule has 0 unspecified atom stereocenters. The van der Waals surface area contributed by atoms with Crippen molar-refractivity contribution in [2.45, 2.75) is 78.6 Å². The van der Waals surface area contributed by atoms with Crippen LogP contribution in [0.4, 0.5) is 0 Å². The van der Waals surface area contributed by atoms with Crippen molar-refractivity contribution in [1.82, 2.24) is 19.5 Å². The van der Waals surface area contributed by atoms with Crippen LogP contribution in [0.15, 0.2) is 115 Å². The maximum Gasteiger partial charge on any atom is 2.00 e. The van der Waals surface area contributed by atoms with Crippen molar-refractivity contribution in [2.24, 2.45) is 0 Å². The summed E-state index contributed by atoms with van der Waals surface area (Å²) in [5, 5.41) is 3.39. The van der Waals surface area contributed by atoms with Crippen LogP contribution < -0.4 is 4.98 Å². The summed E-state index contributed by atoms with van der Waals surface area (Å²) in [6.07, 6.45) is 1.85. The number of para-hydroxylation sites is 1. The van der Waals surface area contributed by atoms with Gasteiger partial charge in [-0.3, -0.25) is 9.97 Å². The fourth-order valence-electron chi connectivity index (χ4n) is 7.05. The van der Waals surface area contributed by atoms with Crippen molar-refractivity contribution in [3.05, 3.63) is 138 Å². The van der Waals surface area contributed by atoms with Crippen LogP contribution in [0, 0.1) is 6.07 Å². The second-order valence-corrected chi connectivity index (χ2v) is 17.3. The molecule has 0 fully saturated rings. The van der Waals surface area contributed by atoms with Crippen LogP contribution in [0.25, 0.3) is 72.3 Å². The summed E-state index contributed by atoms with van der Waals surface area (Å²) in [6, 6.07) is 43.0. The molecule has 4 nitrogen and oxygen atoms in total. The number of hydrogen-bond acceptors (Lipinski definition) is 2. The molecule has 268 valence electrons. The first-order valence-electron chi connectivity index (χ1n) is 18.3. The molecule has 0 amide bonds. The molecule has 53 heavy (non-hydrogen) atoms. The van der Waals surface area contributed by atoms with E-state index in [1.807, 2.05) is 24.4 Å². The molecule has 0 aliphatic rings. The van der Waals surface area contributed by atoms with Crippen LogP contribution in [0.2, 0.25) is 0 Å². The van der Waals surface area contributed by atoms with Gasteiger partial charge in [0.15, 0.2) is 0 Å². The van der Waals surface area contributed by atoms with Crippen molar-refractivity contribution in [1.29, 1.82) is 0 Å². The van der Waals surface area contributed by atoms with Crippen LogP contribution in [0.5, 0.6) is 0 Å². The molecular weight excluding hydrogens is 828 g/mol. The Morgan fingerprint density at radius 2 is 1.21 bits per heavy atom. The van der Waals surface area contributed by atoms with E-state index < -0.39 is 0 Å². The third-order valence-corrected chi connectivity index (χ3v) is 10.3. The molecule has 0 aliphatic heterocycles. The molecule has 0 radical (unpaired) electrons. The predicted octanol–water partition coefficient (Wildman–Crippen LogP) is 12.4. The summed E-state index contributed by atoms with van der Waals surface area (Å²) in [7, 11) is 0. The van der Waals surface area contributed by atoms with Crippen LogP contribution in [-0.2, 0) is 37.3 Å². The Morgan fingerprint density at radius 1 is 0.566 bits per heavy atom. The molecule has 0 N–H and O–H groups in total.